The number of ether oxygens (including phenoxy) is 1. The van der Waals surface area contributed by atoms with Crippen molar-refractivity contribution in [1.82, 2.24) is 10.0 Å². The Morgan fingerprint density at radius 1 is 1.17 bits per heavy atom. The van der Waals surface area contributed by atoms with Crippen LogP contribution in [0.4, 0.5) is 4.79 Å². The molecule has 0 bridgehead atoms. The maximum atomic E-state index is 11.0. The fraction of sp³-hybridized carbons (Fsp3) is 0.273. The van der Waals surface area contributed by atoms with Crippen molar-refractivity contribution in [1.29, 1.82) is 0 Å². The highest BCUT2D eigenvalue weighted by atomic mass is 16.5. The van der Waals surface area contributed by atoms with Crippen LogP contribution >= 0.6 is 0 Å². The number of nitrogens with zero attached hydrogens (tertiary/aromatic N) is 2. The van der Waals surface area contributed by atoms with E-state index in [-0.39, 0.29) is 6.54 Å². The van der Waals surface area contributed by atoms with E-state index in [1.54, 1.807) is 0 Å². The van der Waals surface area contributed by atoms with Crippen LogP contribution in [0.5, 0.6) is 5.75 Å². The van der Waals surface area contributed by atoms with Gasteiger partial charge in [-0.1, -0.05) is 18.2 Å². The van der Waals surface area contributed by atoms with E-state index in [4.69, 9.17) is 14.9 Å². The van der Waals surface area contributed by atoms with Crippen molar-refractivity contribution in [2.24, 2.45) is 5.73 Å². The number of hydroxylamine groups is 2. The second kappa shape index (κ2) is 8.79. The highest BCUT2D eigenvalue weighted by Crippen LogP contribution is 2.24. The lowest BCUT2D eigenvalue weighted by molar-refractivity contribution is -0.0473. The van der Waals surface area contributed by atoms with Crippen LogP contribution in [-0.2, 0) is 13.0 Å². The summed E-state index contributed by atoms with van der Waals surface area (Å²) in [5.41, 5.74) is 9.54. The van der Waals surface area contributed by atoms with Gasteiger partial charge in [0.05, 0.1) is 18.8 Å². The summed E-state index contributed by atoms with van der Waals surface area (Å²) in [4.78, 5) is 15.6. The highest BCUT2D eigenvalue weighted by molar-refractivity contribution is 5.70. The standard InChI is InChI=1S/C22H25N3O4/c1-14-11-18(12-15(2)19(14)13-25(27)22(23)26)28-10-9-20-16(3)29-21(24-20)17-7-5-4-6-8-17/h4-8,11-12,27H,9-10,13H2,1-3H3,(H2,23,26). The molecule has 0 aliphatic heterocycles. The zero-order valence-electron chi connectivity index (χ0n) is 16.8. The van der Waals surface area contributed by atoms with Gasteiger partial charge in [-0.05, 0) is 61.7 Å². The van der Waals surface area contributed by atoms with Crippen molar-refractivity contribution in [3.8, 4) is 17.2 Å². The molecule has 3 rings (SSSR count). The molecule has 152 valence electrons. The van der Waals surface area contributed by atoms with E-state index < -0.39 is 6.03 Å². The maximum absolute atomic E-state index is 11.0. The molecule has 1 heterocycles. The normalized spacial score (nSPS) is 10.8. The molecule has 0 saturated carbocycles. The van der Waals surface area contributed by atoms with Crippen LogP contribution in [0, 0.1) is 20.8 Å². The van der Waals surface area contributed by atoms with Crippen molar-refractivity contribution in [3.63, 3.8) is 0 Å². The number of rotatable bonds is 7. The van der Waals surface area contributed by atoms with Gasteiger partial charge in [0.2, 0.25) is 5.89 Å². The van der Waals surface area contributed by atoms with Gasteiger partial charge in [0.15, 0.2) is 0 Å². The van der Waals surface area contributed by atoms with Gasteiger partial charge in [0, 0.05) is 12.0 Å². The quantitative estimate of drug-likeness (QED) is 0.462. The van der Waals surface area contributed by atoms with Crippen LogP contribution < -0.4 is 10.5 Å². The Kier molecular flexibility index (Phi) is 6.19. The lowest BCUT2D eigenvalue weighted by Gasteiger charge is -2.17. The second-order valence-electron chi connectivity index (χ2n) is 6.92. The molecule has 29 heavy (non-hydrogen) atoms. The summed E-state index contributed by atoms with van der Waals surface area (Å²) < 4.78 is 11.7. The third-order valence-corrected chi connectivity index (χ3v) is 4.75. The van der Waals surface area contributed by atoms with Gasteiger partial charge in [-0.2, -0.15) is 0 Å². The largest absolute Gasteiger partial charge is 0.493 e. The number of primary amides is 1. The number of aromatic nitrogens is 1. The molecule has 0 radical (unpaired) electrons. The molecule has 7 nitrogen and oxygen atoms in total. The maximum Gasteiger partial charge on any atom is 0.338 e. The van der Waals surface area contributed by atoms with Gasteiger partial charge in [-0.3, -0.25) is 5.21 Å². The molecule has 2 amide bonds. The first-order valence-electron chi connectivity index (χ1n) is 9.35. The van der Waals surface area contributed by atoms with Gasteiger partial charge in [-0.15, -0.1) is 0 Å². The molecule has 0 fully saturated rings. The number of carbonyl (C=O) groups excluding carboxylic acids is 1. The Bertz CT molecular complexity index is 976. The fourth-order valence-electron chi connectivity index (χ4n) is 3.14. The molecule has 0 saturated heterocycles. The minimum atomic E-state index is -0.887. The third-order valence-electron chi connectivity index (χ3n) is 4.75. The van der Waals surface area contributed by atoms with Gasteiger partial charge < -0.3 is 14.9 Å². The average Bonchev–Trinajstić information content (AvgIpc) is 3.06. The van der Waals surface area contributed by atoms with Crippen LogP contribution in [0.1, 0.15) is 28.1 Å². The van der Waals surface area contributed by atoms with E-state index in [0.29, 0.717) is 24.0 Å². The van der Waals surface area contributed by atoms with Crippen molar-refractivity contribution >= 4 is 6.03 Å². The first-order chi connectivity index (χ1) is 13.8. The first-order valence-corrected chi connectivity index (χ1v) is 9.35. The predicted octanol–water partition coefficient (Wildman–Crippen LogP) is 4.16. The summed E-state index contributed by atoms with van der Waals surface area (Å²) >= 11 is 0. The summed E-state index contributed by atoms with van der Waals surface area (Å²) in [7, 11) is 0. The Balaban J connectivity index is 1.64. The number of amides is 2. The smallest absolute Gasteiger partial charge is 0.338 e. The van der Waals surface area contributed by atoms with Crippen LogP contribution in [0.15, 0.2) is 46.9 Å². The Hall–Kier alpha value is -3.32. The third kappa shape index (κ3) is 4.94. The van der Waals surface area contributed by atoms with E-state index >= 15 is 0 Å². The predicted molar refractivity (Wildman–Crippen MR) is 109 cm³/mol. The Morgan fingerprint density at radius 2 is 1.83 bits per heavy atom. The van der Waals surface area contributed by atoms with Crippen LogP contribution in [-0.4, -0.2) is 27.9 Å². The van der Waals surface area contributed by atoms with Crippen molar-refractivity contribution in [2.45, 2.75) is 33.7 Å². The Morgan fingerprint density at radius 3 is 2.45 bits per heavy atom. The zero-order valence-corrected chi connectivity index (χ0v) is 16.8. The summed E-state index contributed by atoms with van der Waals surface area (Å²) in [6.45, 7) is 6.19. The highest BCUT2D eigenvalue weighted by Gasteiger charge is 2.14. The molecule has 0 aliphatic rings. The number of aryl methyl sites for hydroxylation is 3. The summed E-state index contributed by atoms with van der Waals surface area (Å²) in [5.74, 6) is 2.11. The summed E-state index contributed by atoms with van der Waals surface area (Å²) in [6.07, 6.45) is 0.619. The van der Waals surface area contributed by atoms with Crippen LogP contribution in [0.25, 0.3) is 11.5 Å². The van der Waals surface area contributed by atoms with Crippen LogP contribution in [0.2, 0.25) is 0 Å². The number of urea groups is 1. The van der Waals surface area contributed by atoms with Gasteiger partial charge in [-0.25, -0.2) is 14.8 Å². The van der Waals surface area contributed by atoms with Gasteiger partial charge in [0.25, 0.3) is 0 Å². The zero-order chi connectivity index (χ0) is 21.0. The number of carbonyl (C=O) groups is 1. The van der Waals surface area contributed by atoms with Crippen molar-refractivity contribution in [3.05, 3.63) is 70.6 Å². The molecule has 0 unspecified atom stereocenters. The van der Waals surface area contributed by atoms with Crippen molar-refractivity contribution in [2.75, 3.05) is 6.61 Å². The topological polar surface area (TPSA) is 102 Å². The molecule has 3 aromatic rings. The van der Waals surface area contributed by atoms with E-state index in [9.17, 15) is 10.0 Å². The van der Waals surface area contributed by atoms with Crippen LogP contribution in [0.3, 0.4) is 0 Å². The van der Waals surface area contributed by atoms with Gasteiger partial charge >= 0.3 is 6.03 Å². The minimum Gasteiger partial charge on any atom is -0.493 e. The molecule has 0 spiro atoms. The number of oxazole rings is 1. The van der Waals surface area contributed by atoms with E-state index in [1.807, 2.05) is 63.2 Å². The molecule has 0 atom stereocenters. The monoisotopic (exact) mass is 395 g/mol. The summed E-state index contributed by atoms with van der Waals surface area (Å²) in [5, 5.41) is 10.1. The number of benzene rings is 2. The molecule has 0 aliphatic carbocycles. The lowest BCUT2D eigenvalue weighted by atomic mass is 10.0. The van der Waals surface area contributed by atoms with E-state index in [0.717, 1.165) is 39.5 Å². The molecule has 3 N–H and O–H groups in total. The van der Waals surface area contributed by atoms with E-state index in [1.165, 1.54) is 0 Å². The average molecular weight is 395 g/mol. The summed E-state index contributed by atoms with van der Waals surface area (Å²) in [6, 6.07) is 12.6. The molecule has 7 heteroatoms. The Labute approximate surface area is 169 Å². The SMILES string of the molecule is Cc1cc(OCCc2nc(-c3ccccc3)oc2C)cc(C)c1CN(O)C(N)=O. The lowest BCUT2D eigenvalue weighted by Crippen LogP contribution is -2.32. The van der Waals surface area contributed by atoms with Gasteiger partial charge in [0.1, 0.15) is 11.5 Å². The fourth-order valence-corrected chi connectivity index (χ4v) is 3.14. The number of hydrogen-bond acceptors (Lipinski definition) is 5. The van der Waals surface area contributed by atoms with E-state index in [2.05, 4.69) is 4.98 Å². The molecular formula is C22H25N3O4. The minimum absolute atomic E-state index is 0.0354. The number of nitrogens with two attached hydrogens (primary N) is 1. The molecule has 2 aromatic carbocycles. The second-order valence-corrected chi connectivity index (χ2v) is 6.92. The molecule has 1 aromatic heterocycles. The van der Waals surface area contributed by atoms with Crippen molar-refractivity contribution < 1.29 is 19.2 Å². The number of hydrogen-bond donors (Lipinski definition) is 2. The first kappa shape index (κ1) is 20.4. The molecular weight excluding hydrogens is 370 g/mol.